The number of aryl methyl sites for hydroxylation is 1. The first-order chi connectivity index (χ1) is 13.0. The molecule has 0 radical (unpaired) electrons. The number of nitrogens with zero attached hydrogens (tertiary/aromatic N) is 2. The first kappa shape index (κ1) is 19.1. The number of carbonyl (C=O) groups is 2. The third-order valence-electron chi connectivity index (χ3n) is 5.26. The highest BCUT2D eigenvalue weighted by Gasteiger charge is 2.26. The summed E-state index contributed by atoms with van der Waals surface area (Å²) in [4.78, 5) is 30.7. The minimum atomic E-state index is -0.641. The summed E-state index contributed by atoms with van der Waals surface area (Å²) in [6.45, 7) is 3.62. The van der Waals surface area contributed by atoms with Gasteiger partial charge < -0.3 is 14.1 Å². The number of oxazole rings is 1. The molecule has 1 saturated carbocycles. The molecule has 0 atom stereocenters. The summed E-state index contributed by atoms with van der Waals surface area (Å²) >= 11 is 0. The SMILES string of the molecule is Cc1oc(-c2ccccc2)nc1C(=O)OCC(=O)N(C)C1CCC(C)CC1. The number of benzene rings is 1. The van der Waals surface area contributed by atoms with Gasteiger partial charge in [-0.15, -0.1) is 0 Å². The quantitative estimate of drug-likeness (QED) is 0.748. The molecule has 0 unspecified atom stereocenters. The number of carbonyl (C=O) groups excluding carboxylic acids is 2. The van der Waals surface area contributed by atoms with E-state index >= 15 is 0 Å². The number of esters is 1. The Bertz CT molecular complexity index is 792. The van der Waals surface area contributed by atoms with Crippen molar-refractivity contribution >= 4 is 11.9 Å². The van der Waals surface area contributed by atoms with E-state index in [9.17, 15) is 9.59 Å². The molecule has 0 aliphatic heterocycles. The summed E-state index contributed by atoms with van der Waals surface area (Å²) in [7, 11) is 1.78. The van der Waals surface area contributed by atoms with Crippen molar-refractivity contribution in [2.24, 2.45) is 5.92 Å². The van der Waals surface area contributed by atoms with Crippen LogP contribution in [0.5, 0.6) is 0 Å². The molecule has 1 aliphatic carbocycles. The summed E-state index contributed by atoms with van der Waals surface area (Å²) in [5.41, 5.74) is 0.887. The van der Waals surface area contributed by atoms with E-state index in [-0.39, 0.29) is 24.2 Å². The van der Waals surface area contributed by atoms with Crippen molar-refractivity contribution in [3.8, 4) is 11.5 Å². The zero-order chi connectivity index (χ0) is 19.4. The van der Waals surface area contributed by atoms with Gasteiger partial charge in [-0.2, -0.15) is 0 Å². The number of amides is 1. The number of rotatable bonds is 5. The molecular formula is C21H26N2O4. The molecule has 3 rings (SSSR count). The van der Waals surface area contributed by atoms with Crippen LogP contribution < -0.4 is 0 Å². The molecule has 1 aromatic carbocycles. The van der Waals surface area contributed by atoms with Crippen molar-refractivity contribution in [3.05, 3.63) is 41.8 Å². The highest BCUT2D eigenvalue weighted by atomic mass is 16.5. The molecule has 2 aromatic rings. The van der Waals surface area contributed by atoms with E-state index < -0.39 is 5.97 Å². The predicted octanol–water partition coefficient (Wildman–Crippen LogP) is 3.84. The van der Waals surface area contributed by atoms with Crippen molar-refractivity contribution in [3.63, 3.8) is 0 Å². The van der Waals surface area contributed by atoms with E-state index in [2.05, 4.69) is 11.9 Å². The lowest BCUT2D eigenvalue weighted by Crippen LogP contribution is -2.41. The van der Waals surface area contributed by atoms with E-state index in [1.165, 1.54) is 0 Å². The van der Waals surface area contributed by atoms with Crippen LogP contribution in [-0.4, -0.2) is 41.5 Å². The maximum absolute atomic E-state index is 12.4. The minimum Gasteiger partial charge on any atom is -0.451 e. The van der Waals surface area contributed by atoms with Gasteiger partial charge in [0.25, 0.3) is 5.91 Å². The van der Waals surface area contributed by atoms with E-state index in [1.807, 2.05) is 30.3 Å². The largest absolute Gasteiger partial charge is 0.451 e. The maximum Gasteiger partial charge on any atom is 0.361 e. The van der Waals surface area contributed by atoms with Crippen molar-refractivity contribution < 1.29 is 18.7 Å². The van der Waals surface area contributed by atoms with Crippen LogP contribution in [0.4, 0.5) is 0 Å². The molecule has 0 bridgehead atoms. The van der Waals surface area contributed by atoms with Gasteiger partial charge in [0.15, 0.2) is 12.3 Å². The lowest BCUT2D eigenvalue weighted by atomic mass is 9.87. The zero-order valence-electron chi connectivity index (χ0n) is 16.1. The third kappa shape index (κ3) is 4.56. The Labute approximate surface area is 159 Å². The normalized spacial score (nSPS) is 19.5. The number of hydrogen-bond donors (Lipinski definition) is 0. The molecule has 0 saturated heterocycles. The van der Waals surface area contributed by atoms with E-state index in [4.69, 9.17) is 9.15 Å². The van der Waals surface area contributed by atoms with Gasteiger partial charge in [-0.05, 0) is 50.7 Å². The second-order valence-electron chi connectivity index (χ2n) is 7.28. The zero-order valence-corrected chi connectivity index (χ0v) is 16.1. The lowest BCUT2D eigenvalue weighted by molar-refractivity contribution is -0.136. The third-order valence-corrected chi connectivity index (χ3v) is 5.26. The Morgan fingerprint density at radius 1 is 1.19 bits per heavy atom. The van der Waals surface area contributed by atoms with Gasteiger partial charge in [0.2, 0.25) is 5.89 Å². The summed E-state index contributed by atoms with van der Waals surface area (Å²) < 4.78 is 10.8. The molecule has 144 valence electrons. The van der Waals surface area contributed by atoms with Crippen LogP contribution in [0, 0.1) is 12.8 Å². The average Bonchev–Trinajstić information content (AvgIpc) is 3.08. The molecule has 1 aliphatic rings. The Hall–Kier alpha value is -2.63. The molecule has 1 fully saturated rings. The fourth-order valence-corrected chi connectivity index (χ4v) is 3.42. The topological polar surface area (TPSA) is 72.6 Å². The van der Waals surface area contributed by atoms with Crippen LogP contribution in [0.3, 0.4) is 0 Å². The van der Waals surface area contributed by atoms with Gasteiger partial charge in [-0.3, -0.25) is 4.79 Å². The molecule has 6 nitrogen and oxygen atoms in total. The highest BCUT2D eigenvalue weighted by molar-refractivity contribution is 5.91. The highest BCUT2D eigenvalue weighted by Crippen LogP contribution is 2.26. The minimum absolute atomic E-state index is 0.107. The van der Waals surface area contributed by atoms with Gasteiger partial charge in [-0.1, -0.05) is 25.1 Å². The first-order valence-corrected chi connectivity index (χ1v) is 9.41. The second-order valence-corrected chi connectivity index (χ2v) is 7.28. The van der Waals surface area contributed by atoms with Crippen LogP contribution in [0.25, 0.3) is 11.5 Å². The van der Waals surface area contributed by atoms with E-state index in [1.54, 1.807) is 18.9 Å². The number of likely N-dealkylation sites (N-methyl/N-ethyl adjacent to an activating group) is 1. The van der Waals surface area contributed by atoms with Crippen molar-refractivity contribution in [1.82, 2.24) is 9.88 Å². The smallest absolute Gasteiger partial charge is 0.361 e. The summed E-state index contributed by atoms with van der Waals surface area (Å²) in [5.74, 6) is 0.627. The van der Waals surface area contributed by atoms with E-state index in [0.29, 0.717) is 11.7 Å². The average molecular weight is 370 g/mol. The molecule has 1 aromatic heterocycles. The van der Waals surface area contributed by atoms with Gasteiger partial charge >= 0.3 is 5.97 Å². The molecular weight excluding hydrogens is 344 g/mol. The van der Waals surface area contributed by atoms with Crippen molar-refractivity contribution in [2.45, 2.75) is 45.6 Å². The number of ether oxygens (including phenoxy) is 1. The standard InChI is InChI=1S/C21H26N2O4/c1-14-9-11-17(12-10-14)23(3)18(24)13-26-21(25)19-15(2)27-20(22-19)16-7-5-4-6-8-16/h4-8,14,17H,9-13H2,1-3H3. The fourth-order valence-electron chi connectivity index (χ4n) is 3.42. The van der Waals surface area contributed by atoms with Crippen LogP contribution in [-0.2, 0) is 9.53 Å². The maximum atomic E-state index is 12.4. The van der Waals surface area contributed by atoms with Crippen LogP contribution in [0.1, 0.15) is 48.9 Å². The van der Waals surface area contributed by atoms with Gasteiger partial charge in [-0.25, -0.2) is 9.78 Å². The number of hydrogen-bond acceptors (Lipinski definition) is 5. The Kier molecular flexibility index (Phi) is 5.94. The summed E-state index contributed by atoms with van der Waals surface area (Å²) in [6, 6.07) is 9.56. The summed E-state index contributed by atoms with van der Waals surface area (Å²) in [6.07, 6.45) is 4.26. The van der Waals surface area contributed by atoms with Crippen molar-refractivity contribution in [1.29, 1.82) is 0 Å². The molecule has 6 heteroatoms. The molecule has 1 amide bonds. The molecule has 0 N–H and O–H groups in total. The molecule has 27 heavy (non-hydrogen) atoms. The Balaban J connectivity index is 1.58. The van der Waals surface area contributed by atoms with Crippen LogP contribution in [0.2, 0.25) is 0 Å². The molecule has 1 heterocycles. The fraction of sp³-hybridized carbons (Fsp3) is 0.476. The van der Waals surface area contributed by atoms with Crippen molar-refractivity contribution in [2.75, 3.05) is 13.7 Å². The monoisotopic (exact) mass is 370 g/mol. The van der Waals surface area contributed by atoms with Crippen LogP contribution >= 0.6 is 0 Å². The molecule has 0 spiro atoms. The van der Waals surface area contributed by atoms with E-state index in [0.717, 1.165) is 37.2 Å². The van der Waals surface area contributed by atoms with Gasteiger partial charge in [0.1, 0.15) is 5.76 Å². The predicted molar refractivity (Wildman–Crippen MR) is 101 cm³/mol. The van der Waals surface area contributed by atoms with Gasteiger partial charge in [0.05, 0.1) is 0 Å². The lowest BCUT2D eigenvalue weighted by Gasteiger charge is -2.33. The second kappa shape index (κ2) is 8.37. The first-order valence-electron chi connectivity index (χ1n) is 9.41. The van der Waals surface area contributed by atoms with Gasteiger partial charge in [0, 0.05) is 18.7 Å². The Morgan fingerprint density at radius 2 is 1.85 bits per heavy atom. The number of aromatic nitrogens is 1. The summed E-state index contributed by atoms with van der Waals surface area (Å²) in [5, 5.41) is 0. The van der Waals surface area contributed by atoms with Crippen LogP contribution in [0.15, 0.2) is 34.7 Å². The Morgan fingerprint density at radius 3 is 2.52 bits per heavy atom.